The highest BCUT2D eigenvalue weighted by molar-refractivity contribution is 6.00. The van der Waals surface area contributed by atoms with Crippen LogP contribution in [-0.2, 0) is 16.1 Å². The molecule has 0 radical (unpaired) electrons. The Morgan fingerprint density at radius 3 is 2.63 bits per heavy atom. The number of aromatic nitrogens is 5. The highest BCUT2D eigenvalue weighted by Crippen LogP contribution is 2.32. The molecule has 0 aliphatic heterocycles. The normalized spacial score (nSPS) is 18.2. The van der Waals surface area contributed by atoms with E-state index in [4.69, 9.17) is 4.74 Å². The second-order valence-corrected chi connectivity index (χ2v) is 9.94. The van der Waals surface area contributed by atoms with E-state index in [1.165, 1.54) is 0 Å². The molecule has 0 spiro atoms. The maximum absolute atomic E-state index is 15.0. The van der Waals surface area contributed by atoms with Crippen LogP contribution in [0.1, 0.15) is 61.4 Å². The number of hydrogen-bond acceptors (Lipinski definition) is 6. The van der Waals surface area contributed by atoms with Gasteiger partial charge in [-0.25, -0.2) is 4.98 Å². The van der Waals surface area contributed by atoms with Crippen LogP contribution in [0.3, 0.4) is 0 Å². The second kappa shape index (κ2) is 12.3. The summed E-state index contributed by atoms with van der Waals surface area (Å²) in [5, 5.41) is 16.8. The number of aromatic amines is 1. The number of carbonyl (C=O) groups is 2. The lowest BCUT2D eigenvalue weighted by Gasteiger charge is -2.32. The Kier molecular flexibility index (Phi) is 8.88. The molecule has 0 bridgehead atoms. The van der Waals surface area contributed by atoms with E-state index in [2.05, 4.69) is 37.8 Å². The SMILES string of the molecule is CCOCCn1nccc1C(=O)N[C@H](C(=O)Nc1ccc(-c2c(C)n[nH]c2C)c(F)n1)[C@H]1CC[C@H](C)CC1. The Bertz CT molecular complexity index is 1240. The summed E-state index contributed by atoms with van der Waals surface area (Å²) in [6.07, 6.45) is 5.12. The number of anilines is 1. The summed E-state index contributed by atoms with van der Waals surface area (Å²) in [4.78, 5) is 30.7. The first-order valence-corrected chi connectivity index (χ1v) is 13.2. The number of aryl methyl sites for hydroxylation is 2. The average molecular weight is 526 g/mol. The molecule has 4 rings (SSSR count). The summed E-state index contributed by atoms with van der Waals surface area (Å²) >= 11 is 0. The summed E-state index contributed by atoms with van der Waals surface area (Å²) in [5.74, 6) is -0.910. The fourth-order valence-corrected chi connectivity index (χ4v) is 5.07. The Hall–Kier alpha value is -3.60. The van der Waals surface area contributed by atoms with Crippen molar-refractivity contribution in [2.75, 3.05) is 18.5 Å². The lowest BCUT2D eigenvalue weighted by molar-refractivity contribution is -0.119. The van der Waals surface area contributed by atoms with Crippen molar-refractivity contribution in [1.29, 1.82) is 0 Å². The summed E-state index contributed by atoms with van der Waals surface area (Å²) in [7, 11) is 0. The molecule has 3 heterocycles. The number of H-pyrrole nitrogens is 1. The molecule has 1 atom stereocenters. The number of amides is 2. The average Bonchev–Trinajstić information content (AvgIpc) is 3.49. The van der Waals surface area contributed by atoms with Gasteiger partial charge in [-0.1, -0.05) is 19.8 Å². The van der Waals surface area contributed by atoms with Crippen molar-refractivity contribution in [3.05, 3.63) is 47.4 Å². The van der Waals surface area contributed by atoms with Gasteiger partial charge in [-0.15, -0.1) is 0 Å². The van der Waals surface area contributed by atoms with Crippen LogP contribution in [0.15, 0.2) is 24.4 Å². The van der Waals surface area contributed by atoms with Gasteiger partial charge in [0.2, 0.25) is 11.9 Å². The Balaban J connectivity index is 1.52. The molecule has 3 N–H and O–H groups in total. The zero-order chi connectivity index (χ0) is 27.2. The van der Waals surface area contributed by atoms with Gasteiger partial charge in [0.05, 0.1) is 18.8 Å². The van der Waals surface area contributed by atoms with Crippen LogP contribution in [0.25, 0.3) is 11.1 Å². The first kappa shape index (κ1) is 27.4. The minimum absolute atomic E-state index is 0.0460. The Labute approximate surface area is 221 Å². The largest absolute Gasteiger partial charge is 0.380 e. The number of rotatable bonds is 10. The van der Waals surface area contributed by atoms with Crippen molar-refractivity contribution < 1.29 is 18.7 Å². The predicted molar refractivity (Wildman–Crippen MR) is 141 cm³/mol. The Morgan fingerprint density at radius 2 is 1.97 bits per heavy atom. The van der Waals surface area contributed by atoms with Crippen LogP contribution in [0.4, 0.5) is 10.2 Å². The third-order valence-corrected chi connectivity index (χ3v) is 7.20. The van der Waals surface area contributed by atoms with E-state index in [0.717, 1.165) is 31.4 Å². The standard InChI is InChI=1S/C27H36FN7O3/c1-5-38-15-14-35-21(12-13-29-35)26(36)32-24(19-8-6-16(2)7-9-19)27(37)31-22-11-10-20(25(28)30-22)23-17(3)33-34-18(23)4/h10-13,16,19,24H,5-9,14-15H2,1-4H3,(H,32,36)(H,33,34)(H,30,31,37)/t16-,19-,24-/m0/s1. The molecular formula is C27H36FN7O3. The molecule has 1 saturated carbocycles. The fraction of sp³-hybridized carbons (Fsp3) is 0.519. The van der Waals surface area contributed by atoms with Gasteiger partial charge < -0.3 is 15.4 Å². The summed E-state index contributed by atoms with van der Waals surface area (Å²) in [6, 6.07) is 3.96. The number of nitrogens with zero attached hydrogens (tertiary/aromatic N) is 4. The molecule has 10 nitrogen and oxygen atoms in total. The van der Waals surface area contributed by atoms with E-state index in [1.807, 2.05) is 13.8 Å². The van der Waals surface area contributed by atoms with E-state index < -0.39 is 23.8 Å². The molecular weight excluding hydrogens is 489 g/mol. The molecule has 204 valence electrons. The molecule has 1 aliphatic carbocycles. The van der Waals surface area contributed by atoms with E-state index >= 15 is 0 Å². The first-order chi connectivity index (χ1) is 18.3. The summed E-state index contributed by atoms with van der Waals surface area (Å²) < 4.78 is 22.0. The van der Waals surface area contributed by atoms with Gasteiger partial charge in [0.15, 0.2) is 0 Å². The maximum Gasteiger partial charge on any atom is 0.270 e. The second-order valence-electron chi connectivity index (χ2n) is 9.94. The van der Waals surface area contributed by atoms with Gasteiger partial charge >= 0.3 is 0 Å². The van der Waals surface area contributed by atoms with E-state index in [9.17, 15) is 14.0 Å². The number of hydrogen-bond donors (Lipinski definition) is 3. The monoisotopic (exact) mass is 525 g/mol. The molecule has 3 aromatic heterocycles. The van der Waals surface area contributed by atoms with Crippen LogP contribution in [0, 0.1) is 31.6 Å². The topological polar surface area (TPSA) is 127 Å². The molecule has 38 heavy (non-hydrogen) atoms. The molecule has 3 aromatic rings. The van der Waals surface area contributed by atoms with Crippen molar-refractivity contribution >= 4 is 17.6 Å². The van der Waals surface area contributed by atoms with Gasteiger partial charge in [0.1, 0.15) is 17.6 Å². The minimum Gasteiger partial charge on any atom is -0.380 e. The van der Waals surface area contributed by atoms with Gasteiger partial charge in [-0.3, -0.25) is 19.4 Å². The minimum atomic E-state index is -0.798. The lowest BCUT2D eigenvalue weighted by atomic mass is 9.79. The smallest absolute Gasteiger partial charge is 0.270 e. The van der Waals surface area contributed by atoms with Crippen molar-refractivity contribution in [3.63, 3.8) is 0 Å². The number of pyridine rings is 1. The number of nitrogens with one attached hydrogen (secondary N) is 3. The Morgan fingerprint density at radius 1 is 1.21 bits per heavy atom. The van der Waals surface area contributed by atoms with Crippen molar-refractivity contribution in [2.24, 2.45) is 11.8 Å². The quantitative estimate of drug-likeness (QED) is 0.271. The molecule has 0 saturated heterocycles. The van der Waals surface area contributed by atoms with Crippen molar-refractivity contribution in [3.8, 4) is 11.1 Å². The first-order valence-electron chi connectivity index (χ1n) is 13.2. The van der Waals surface area contributed by atoms with Crippen LogP contribution in [-0.4, -0.2) is 56.0 Å². The van der Waals surface area contributed by atoms with E-state index in [0.29, 0.717) is 48.2 Å². The number of carbonyl (C=O) groups excluding carboxylic acids is 2. The zero-order valence-corrected chi connectivity index (χ0v) is 22.4. The third kappa shape index (κ3) is 6.27. The molecule has 1 aliphatic rings. The van der Waals surface area contributed by atoms with Crippen LogP contribution in [0.5, 0.6) is 0 Å². The van der Waals surface area contributed by atoms with Gasteiger partial charge in [-0.2, -0.15) is 14.6 Å². The molecule has 2 amide bonds. The zero-order valence-electron chi connectivity index (χ0n) is 22.4. The van der Waals surface area contributed by atoms with Crippen molar-refractivity contribution in [2.45, 2.75) is 66.0 Å². The van der Waals surface area contributed by atoms with Gasteiger partial charge in [0, 0.05) is 29.6 Å². The van der Waals surface area contributed by atoms with E-state index in [1.54, 1.807) is 36.0 Å². The molecule has 11 heteroatoms. The van der Waals surface area contributed by atoms with Gasteiger partial charge in [0.25, 0.3) is 5.91 Å². The highest BCUT2D eigenvalue weighted by atomic mass is 19.1. The molecule has 0 unspecified atom stereocenters. The maximum atomic E-state index is 15.0. The highest BCUT2D eigenvalue weighted by Gasteiger charge is 2.33. The van der Waals surface area contributed by atoms with E-state index in [-0.39, 0.29) is 11.7 Å². The van der Waals surface area contributed by atoms with Crippen molar-refractivity contribution in [1.82, 2.24) is 30.3 Å². The van der Waals surface area contributed by atoms with Crippen LogP contribution in [0.2, 0.25) is 0 Å². The van der Waals surface area contributed by atoms with Crippen LogP contribution >= 0.6 is 0 Å². The molecule has 1 fully saturated rings. The molecule has 0 aromatic carbocycles. The summed E-state index contributed by atoms with van der Waals surface area (Å²) in [5.41, 5.74) is 2.70. The van der Waals surface area contributed by atoms with Gasteiger partial charge in [-0.05, 0) is 63.6 Å². The number of ether oxygens (including phenoxy) is 1. The fourth-order valence-electron chi connectivity index (χ4n) is 5.07. The summed E-state index contributed by atoms with van der Waals surface area (Å²) in [6.45, 7) is 9.11. The third-order valence-electron chi connectivity index (χ3n) is 7.20. The predicted octanol–water partition coefficient (Wildman–Crippen LogP) is 4.02. The van der Waals surface area contributed by atoms with Crippen LogP contribution < -0.4 is 10.6 Å². The number of halogens is 1. The lowest BCUT2D eigenvalue weighted by Crippen LogP contribution is -2.49.